The SMILES string of the molecule is COC1(C2=CC=C(S)CC2)OC1(C)C. The zero-order valence-corrected chi connectivity index (χ0v) is 9.73. The highest BCUT2D eigenvalue weighted by Gasteiger charge is 2.66. The van der Waals surface area contributed by atoms with Crippen LogP contribution >= 0.6 is 12.6 Å². The van der Waals surface area contributed by atoms with Gasteiger partial charge in [-0.2, -0.15) is 0 Å². The molecule has 0 amide bonds. The molecule has 0 aromatic heterocycles. The third-order valence-electron chi connectivity index (χ3n) is 2.99. The molecule has 1 saturated heterocycles. The Balaban J connectivity index is 2.24. The van der Waals surface area contributed by atoms with Crippen LogP contribution in [0.2, 0.25) is 0 Å². The Morgan fingerprint density at radius 3 is 2.36 bits per heavy atom. The van der Waals surface area contributed by atoms with Crippen LogP contribution in [-0.4, -0.2) is 18.5 Å². The van der Waals surface area contributed by atoms with Crippen LogP contribution in [0.1, 0.15) is 26.7 Å². The summed E-state index contributed by atoms with van der Waals surface area (Å²) >= 11 is 4.33. The summed E-state index contributed by atoms with van der Waals surface area (Å²) in [6, 6.07) is 0. The van der Waals surface area contributed by atoms with Crippen molar-refractivity contribution in [3.8, 4) is 0 Å². The summed E-state index contributed by atoms with van der Waals surface area (Å²) in [7, 11) is 1.70. The summed E-state index contributed by atoms with van der Waals surface area (Å²) in [6.07, 6.45) is 6.07. The van der Waals surface area contributed by atoms with Crippen LogP contribution in [0.3, 0.4) is 0 Å². The van der Waals surface area contributed by atoms with Gasteiger partial charge in [0.05, 0.1) is 0 Å². The maximum Gasteiger partial charge on any atom is 0.221 e. The highest BCUT2D eigenvalue weighted by Crippen LogP contribution is 2.54. The van der Waals surface area contributed by atoms with Crippen LogP contribution in [-0.2, 0) is 9.47 Å². The Morgan fingerprint density at radius 2 is 2.00 bits per heavy atom. The molecule has 1 unspecified atom stereocenters. The zero-order chi connectivity index (χ0) is 10.4. The molecule has 0 saturated carbocycles. The molecule has 0 N–H and O–H groups in total. The Morgan fingerprint density at radius 1 is 1.36 bits per heavy atom. The van der Waals surface area contributed by atoms with E-state index in [1.54, 1.807) is 7.11 Å². The lowest BCUT2D eigenvalue weighted by molar-refractivity contribution is 0.0174. The first-order valence-electron chi connectivity index (χ1n) is 4.86. The highest BCUT2D eigenvalue weighted by atomic mass is 32.1. The monoisotopic (exact) mass is 212 g/mol. The second kappa shape index (κ2) is 3.12. The van der Waals surface area contributed by atoms with Gasteiger partial charge in [-0.3, -0.25) is 0 Å². The van der Waals surface area contributed by atoms with E-state index in [0.29, 0.717) is 0 Å². The number of ether oxygens (including phenoxy) is 2. The fourth-order valence-corrected chi connectivity index (χ4v) is 2.29. The first-order valence-corrected chi connectivity index (χ1v) is 5.31. The molecule has 2 nitrogen and oxygen atoms in total. The minimum absolute atomic E-state index is 0.185. The smallest absolute Gasteiger partial charge is 0.221 e. The van der Waals surface area contributed by atoms with Crippen molar-refractivity contribution in [2.75, 3.05) is 7.11 Å². The fourth-order valence-electron chi connectivity index (χ4n) is 2.11. The molecule has 1 atom stereocenters. The number of methoxy groups -OCH3 is 1. The molecule has 1 fully saturated rings. The number of hydrogen-bond acceptors (Lipinski definition) is 3. The number of rotatable bonds is 2. The Bertz CT molecular complexity index is 317. The lowest BCUT2D eigenvalue weighted by Crippen LogP contribution is -2.26. The standard InChI is InChI=1S/C11H16O2S/c1-10(2)11(12-3,13-10)8-4-6-9(14)7-5-8/h4,6,14H,5,7H2,1-3H3. The largest absolute Gasteiger partial charge is 0.347 e. The molecule has 2 aliphatic rings. The summed E-state index contributed by atoms with van der Waals surface area (Å²) in [6.45, 7) is 4.11. The van der Waals surface area contributed by atoms with E-state index in [1.807, 2.05) is 6.08 Å². The number of hydrogen-bond donors (Lipinski definition) is 1. The van der Waals surface area contributed by atoms with E-state index in [1.165, 1.54) is 5.57 Å². The van der Waals surface area contributed by atoms with E-state index in [4.69, 9.17) is 9.47 Å². The maximum atomic E-state index is 5.67. The predicted molar refractivity (Wildman–Crippen MR) is 59.3 cm³/mol. The molecule has 0 bridgehead atoms. The van der Waals surface area contributed by atoms with Crippen LogP contribution in [0.4, 0.5) is 0 Å². The molecule has 1 aliphatic carbocycles. The van der Waals surface area contributed by atoms with Crippen LogP contribution in [0.5, 0.6) is 0 Å². The molecule has 1 heterocycles. The average Bonchev–Trinajstić information content (AvgIpc) is 2.71. The number of epoxide rings is 1. The summed E-state index contributed by atoms with van der Waals surface area (Å²) in [4.78, 5) is 1.12. The van der Waals surface area contributed by atoms with Crippen molar-refractivity contribution in [1.29, 1.82) is 0 Å². The van der Waals surface area contributed by atoms with Crippen molar-refractivity contribution in [2.24, 2.45) is 0 Å². The van der Waals surface area contributed by atoms with E-state index < -0.39 is 5.79 Å². The van der Waals surface area contributed by atoms with Crippen molar-refractivity contribution < 1.29 is 9.47 Å². The first-order chi connectivity index (χ1) is 6.52. The maximum absolute atomic E-state index is 5.67. The van der Waals surface area contributed by atoms with Gasteiger partial charge in [0.15, 0.2) is 0 Å². The lowest BCUT2D eigenvalue weighted by atomic mass is 9.92. The molecule has 2 rings (SSSR count). The molecular weight excluding hydrogens is 196 g/mol. The Labute approximate surface area is 90.4 Å². The van der Waals surface area contributed by atoms with Crippen molar-refractivity contribution >= 4 is 12.6 Å². The van der Waals surface area contributed by atoms with Gasteiger partial charge in [0, 0.05) is 7.11 Å². The van der Waals surface area contributed by atoms with Gasteiger partial charge >= 0.3 is 0 Å². The van der Waals surface area contributed by atoms with Gasteiger partial charge in [-0.25, -0.2) is 0 Å². The van der Waals surface area contributed by atoms with Crippen LogP contribution in [0.25, 0.3) is 0 Å². The van der Waals surface area contributed by atoms with E-state index >= 15 is 0 Å². The van der Waals surface area contributed by atoms with E-state index in [9.17, 15) is 0 Å². The van der Waals surface area contributed by atoms with Crippen molar-refractivity contribution in [3.05, 3.63) is 22.6 Å². The van der Waals surface area contributed by atoms with E-state index in [0.717, 1.165) is 17.7 Å². The van der Waals surface area contributed by atoms with Gasteiger partial charge in [-0.1, -0.05) is 12.2 Å². The third kappa shape index (κ3) is 1.35. The third-order valence-corrected chi connectivity index (χ3v) is 3.36. The fraction of sp³-hybridized carbons (Fsp3) is 0.636. The van der Waals surface area contributed by atoms with Gasteiger partial charge in [-0.15, -0.1) is 12.6 Å². The zero-order valence-electron chi connectivity index (χ0n) is 8.83. The summed E-state index contributed by atoms with van der Waals surface area (Å²) in [5.41, 5.74) is 1.04. The minimum Gasteiger partial charge on any atom is -0.347 e. The highest BCUT2D eigenvalue weighted by molar-refractivity contribution is 7.84. The summed E-state index contributed by atoms with van der Waals surface area (Å²) in [5, 5.41) is 0. The van der Waals surface area contributed by atoms with E-state index in [-0.39, 0.29) is 5.60 Å². The molecule has 0 radical (unpaired) electrons. The van der Waals surface area contributed by atoms with Gasteiger partial charge in [0.25, 0.3) is 0 Å². The summed E-state index contributed by atoms with van der Waals surface area (Å²) in [5.74, 6) is -0.474. The Hall–Kier alpha value is -0.250. The van der Waals surface area contributed by atoms with Crippen LogP contribution < -0.4 is 0 Å². The van der Waals surface area contributed by atoms with E-state index in [2.05, 4.69) is 32.6 Å². The van der Waals surface area contributed by atoms with Crippen LogP contribution in [0, 0.1) is 0 Å². The number of allylic oxidation sites excluding steroid dienone is 3. The number of thiol groups is 1. The molecule has 0 spiro atoms. The molecule has 0 aromatic carbocycles. The van der Waals surface area contributed by atoms with Gasteiger partial charge in [0.2, 0.25) is 5.79 Å². The first kappa shape index (κ1) is 10.3. The molecule has 14 heavy (non-hydrogen) atoms. The topological polar surface area (TPSA) is 21.8 Å². The quantitative estimate of drug-likeness (QED) is 0.561. The van der Waals surface area contributed by atoms with Crippen molar-refractivity contribution in [3.63, 3.8) is 0 Å². The predicted octanol–water partition coefficient (Wildman–Crippen LogP) is 2.67. The van der Waals surface area contributed by atoms with Gasteiger partial charge in [-0.05, 0) is 37.2 Å². The van der Waals surface area contributed by atoms with Gasteiger partial charge in [0.1, 0.15) is 5.60 Å². The molecule has 78 valence electrons. The lowest BCUT2D eigenvalue weighted by Gasteiger charge is -2.19. The minimum atomic E-state index is -0.474. The second-order valence-corrected chi connectivity index (χ2v) is 4.86. The Kier molecular flexibility index (Phi) is 2.29. The average molecular weight is 212 g/mol. The van der Waals surface area contributed by atoms with Crippen LogP contribution in [0.15, 0.2) is 22.6 Å². The second-order valence-electron chi connectivity index (χ2n) is 4.28. The van der Waals surface area contributed by atoms with Crippen molar-refractivity contribution in [1.82, 2.24) is 0 Å². The normalized spacial score (nSPS) is 34.9. The molecular formula is C11H16O2S. The summed E-state index contributed by atoms with van der Waals surface area (Å²) < 4.78 is 11.2. The molecule has 1 aliphatic heterocycles. The van der Waals surface area contributed by atoms with Crippen molar-refractivity contribution in [2.45, 2.75) is 38.1 Å². The van der Waals surface area contributed by atoms with Gasteiger partial charge < -0.3 is 9.47 Å². The molecule has 0 aromatic rings. The molecule has 3 heteroatoms.